The zero-order valence-corrected chi connectivity index (χ0v) is 9.45. The van der Waals surface area contributed by atoms with Crippen LogP contribution in [-0.2, 0) is 12.8 Å². The van der Waals surface area contributed by atoms with E-state index in [-0.39, 0.29) is 0 Å². The van der Waals surface area contributed by atoms with Crippen molar-refractivity contribution in [3.63, 3.8) is 0 Å². The van der Waals surface area contributed by atoms with E-state index in [9.17, 15) is 0 Å². The summed E-state index contributed by atoms with van der Waals surface area (Å²) in [6.45, 7) is 6.23. The molecule has 0 aliphatic heterocycles. The molecule has 4 heteroatoms. The summed E-state index contributed by atoms with van der Waals surface area (Å²) in [6.07, 6.45) is 3.33. The first-order chi connectivity index (χ1) is 7.26. The van der Waals surface area contributed by atoms with E-state index >= 15 is 0 Å². The summed E-state index contributed by atoms with van der Waals surface area (Å²) in [4.78, 5) is 10.9. The number of hydrogen-bond acceptors (Lipinski definition) is 4. The molecule has 0 saturated heterocycles. The van der Waals surface area contributed by atoms with Crippen LogP contribution in [-0.4, -0.2) is 23.1 Å². The molecule has 0 radical (unpaired) electrons. The average Bonchev–Trinajstić information content (AvgIpc) is 2.67. The first-order valence-corrected chi connectivity index (χ1v) is 5.66. The van der Waals surface area contributed by atoms with Crippen molar-refractivity contribution in [3.05, 3.63) is 11.3 Å². The SMILES string of the molecule is CCN(CC)c1nc(N)nc2c1CCC2. The van der Waals surface area contributed by atoms with Gasteiger partial charge in [-0.25, -0.2) is 4.98 Å². The van der Waals surface area contributed by atoms with Crippen LogP contribution in [0.15, 0.2) is 0 Å². The van der Waals surface area contributed by atoms with Gasteiger partial charge in [0.1, 0.15) is 5.82 Å². The standard InChI is InChI=1S/C11H18N4/c1-3-15(4-2)10-8-6-5-7-9(8)13-11(12)14-10/h3-7H2,1-2H3,(H2,12,13,14). The highest BCUT2D eigenvalue weighted by Crippen LogP contribution is 2.29. The molecule has 82 valence electrons. The monoisotopic (exact) mass is 206 g/mol. The molecule has 1 aliphatic carbocycles. The molecule has 0 aromatic carbocycles. The highest BCUT2D eigenvalue weighted by molar-refractivity contribution is 5.53. The van der Waals surface area contributed by atoms with Gasteiger partial charge in [-0.2, -0.15) is 4.98 Å². The van der Waals surface area contributed by atoms with Gasteiger partial charge < -0.3 is 10.6 Å². The average molecular weight is 206 g/mol. The number of rotatable bonds is 3. The third-order valence-electron chi connectivity index (χ3n) is 2.99. The molecular formula is C11H18N4. The van der Waals surface area contributed by atoms with Gasteiger partial charge in [0.25, 0.3) is 0 Å². The van der Waals surface area contributed by atoms with Crippen LogP contribution in [0.4, 0.5) is 11.8 Å². The lowest BCUT2D eigenvalue weighted by Crippen LogP contribution is -2.25. The minimum Gasteiger partial charge on any atom is -0.368 e. The Kier molecular flexibility index (Phi) is 2.75. The number of aromatic nitrogens is 2. The zero-order valence-electron chi connectivity index (χ0n) is 9.45. The van der Waals surface area contributed by atoms with Gasteiger partial charge in [-0.3, -0.25) is 0 Å². The van der Waals surface area contributed by atoms with Crippen molar-refractivity contribution < 1.29 is 0 Å². The second-order valence-electron chi connectivity index (χ2n) is 3.86. The molecule has 1 aromatic rings. The maximum atomic E-state index is 5.73. The minimum absolute atomic E-state index is 0.414. The highest BCUT2D eigenvalue weighted by Gasteiger charge is 2.20. The summed E-state index contributed by atoms with van der Waals surface area (Å²) >= 11 is 0. The van der Waals surface area contributed by atoms with Gasteiger partial charge in [0, 0.05) is 18.7 Å². The molecule has 0 atom stereocenters. The maximum absolute atomic E-state index is 5.73. The molecule has 4 nitrogen and oxygen atoms in total. The van der Waals surface area contributed by atoms with Crippen molar-refractivity contribution in [1.29, 1.82) is 0 Å². The van der Waals surface area contributed by atoms with Crippen LogP contribution in [0.1, 0.15) is 31.5 Å². The first kappa shape index (κ1) is 10.2. The van der Waals surface area contributed by atoms with Crippen molar-refractivity contribution in [2.24, 2.45) is 0 Å². The van der Waals surface area contributed by atoms with E-state index in [2.05, 4.69) is 28.7 Å². The Labute approximate surface area is 90.5 Å². The fourth-order valence-electron chi connectivity index (χ4n) is 2.22. The molecule has 1 aliphatic rings. The van der Waals surface area contributed by atoms with Crippen molar-refractivity contribution in [2.45, 2.75) is 33.1 Å². The van der Waals surface area contributed by atoms with Gasteiger partial charge in [-0.15, -0.1) is 0 Å². The van der Waals surface area contributed by atoms with E-state index < -0.39 is 0 Å². The Morgan fingerprint density at radius 2 is 1.93 bits per heavy atom. The zero-order chi connectivity index (χ0) is 10.8. The van der Waals surface area contributed by atoms with Crippen molar-refractivity contribution in [1.82, 2.24) is 9.97 Å². The fraction of sp³-hybridized carbons (Fsp3) is 0.636. The Morgan fingerprint density at radius 3 is 2.60 bits per heavy atom. The molecule has 1 aromatic heterocycles. The van der Waals surface area contributed by atoms with Crippen LogP contribution < -0.4 is 10.6 Å². The van der Waals surface area contributed by atoms with Gasteiger partial charge in [0.05, 0.1) is 5.69 Å². The van der Waals surface area contributed by atoms with E-state index in [1.807, 2.05) is 0 Å². The van der Waals surface area contributed by atoms with E-state index in [1.54, 1.807) is 0 Å². The summed E-state index contributed by atoms with van der Waals surface area (Å²) in [5, 5.41) is 0. The van der Waals surface area contributed by atoms with Crippen LogP contribution in [0.3, 0.4) is 0 Å². The van der Waals surface area contributed by atoms with E-state index in [0.717, 1.165) is 37.4 Å². The maximum Gasteiger partial charge on any atom is 0.222 e. The highest BCUT2D eigenvalue weighted by atomic mass is 15.2. The molecule has 0 amide bonds. The molecule has 2 rings (SSSR count). The summed E-state index contributed by atoms with van der Waals surface area (Å²) in [6, 6.07) is 0. The number of anilines is 2. The summed E-state index contributed by atoms with van der Waals surface area (Å²) in [5.41, 5.74) is 8.20. The van der Waals surface area contributed by atoms with Gasteiger partial charge in [0.15, 0.2) is 0 Å². The van der Waals surface area contributed by atoms with Crippen molar-refractivity contribution >= 4 is 11.8 Å². The molecule has 0 spiro atoms. The molecule has 15 heavy (non-hydrogen) atoms. The third kappa shape index (κ3) is 1.76. The normalized spacial score (nSPS) is 14.0. The van der Waals surface area contributed by atoms with Gasteiger partial charge in [-0.1, -0.05) is 0 Å². The minimum atomic E-state index is 0.414. The summed E-state index contributed by atoms with van der Waals surface area (Å²) in [5.74, 6) is 1.47. The third-order valence-corrected chi connectivity index (χ3v) is 2.99. The molecule has 0 fully saturated rings. The summed E-state index contributed by atoms with van der Waals surface area (Å²) < 4.78 is 0. The Bertz CT molecular complexity index is 358. The fourth-order valence-corrected chi connectivity index (χ4v) is 2.22. The largest absolute Gasteiger partial charge is 0.368 e. The van der Waals surface area contributed by atoms with Gasteiger partial charge >= 0.3 is 0 Å². The lowest BCUT2D eigenvalue weighted by Gasteiger charge is -2.22. The topological polar surface area (TPSA) is 55.0 Å². The Morgan fingerprint density at radius 1 is 1.20 bits per heavy atom. The molecule has 0 bridgehead atoms. The molecule has 0 saturated carbocycles. The molecule has 0 unspecified atom stereocenters. The second-order valence-corrected chi connectivity index (χ2v) is 3.86. The van der Waals surface area contributed by atoms with E-state index in [0.29, 0.717) is 5.95 Å². The molecular weight excluding hydrogens is 188 g/mol. The number of nitrogen functional groups attached to an aromatic ring is 1. The second kappa shape index (κ2) is 4.04. The predicted molar refractivity (Wildman–Crippen MR) is 62.0 cm³/mol. The number of nitrogens with two attached hydrogens (primary N) is 1. The number of fused-ring (bicyclic) bond motifs is 1. The Balaban J connectivity index is 2.46. The summed E-state index contributed by atoms with van der Waals surface area (Å²) in [7, 11) is 0. The number of aryl methyl sites for hydroxylation is 1. The first-order valence-electron chi connectivity index (χ1n) is 5.66. The lowest BCUT2D eigenvalue weighted by atomic mass is 10.2. The number of nitrogens with zero attached hydrogens (tertiary/aromatic N) is 3. The van der Waals surface area contributed by atoms with Crippen LogP contribution >= 0.6 is 0 Å². The molecule has 2 N–H and O–H groups in total. The van der Waals surface area contributed by atoms with Crippen molar-refractivity contribution in [2.75, 3.05) is 23.7 Å². The van der Waals surface area contributed by atoms with E-state index in [4.69, 9.17) is 5.73 Å². The smallest absolute Gasteiger partial charge is 0.222 e. The van der Waals surface area contributed by atoms with E-state index in [1.165, 1.54) is 12.0 Å². The molecule has 1 heterocycles. The lowest BCUT2D eigenvalue weighted by molar-refractivity contribution is 0.830. The van der Waals surface area contributed by atoms with Gasteiger partial charge in [0.2, 0.25) is 5.95 Å². The van der Waals surface area contributed by atoms with Crippen LogP contribution in [0.2, 0.25) is 0 Å². The van der Waals surface area contributed by atoms with Gasteiger partial charge in [-0.05, 0) is 33.1 Å². The number of hydrogen-bond donors (Lipinski definition) is 1. The quantitative estimate of drug-likeness (QED) is 0.812. The van der Waals surface area contributed by atoms with Crippen molar-refractivity contribution in [3.8, 4) is 0 Å². The van der Waals surface area contributed by atoms with Crippen LogP contribution in [0, 0.1) is 0 Å². The Hall–Kier alpha value is -1.32. The van der Waals surface area contributed by atoms with Crippen LogP contribution in [0.5, 0.6) is 0 Å². The van der Waals surface area contributed by atoms with Crippen LogP contribution in [0.25, 0.3) is 0 Å². The predicted octanol–water partition coefficient (Wildman–Crippen LogP) is 1.39.